The molecule has 0 aliphatic heterocycles. The number of methoxy groups -OCH3 is 1. The zero-order chi connectivity index (χ0) is 25.6. The molecule has 1 aliphatic rings. The SMILES string of the molecule is COc1ncnc(C2CC2)c1-c1ccn(Cc2ccc(-n3nc(C(F)(F)F)cc3-c3ccco3)cc2)n1. The molecule has 8 nitrogen and oxygen atoms in total. The lowest BCUT2D eigenvalue weighted by atomic mass is 10.1. The van der Waals surface area contributed by atoms with E-state index in [0.717, 1.165) is 41.4 Å². The molecule has 0 radical (unpaired) electrons. The van der Waals surface area contributed by atoms with E-state index in [1.165, 1.54) is 17.3 Å². The Bertz CT molecular complexity index is 1530. The van der Waals surface area contributed by atoms with Crippen molar-refractivity contribution in [1.82, 2.24) is 29.5 Å². The Morgan fingerprint density at radius 3 is 2.54 bits per heavy atom. The van der Waals surface area contributed by atoms with E-state index in [0.29, 0.717) is 29.8 Å². The molecule has 1 aliphatic carbocycles. The van der Waals surface area contributed by atoms with Gasteiger partial charge in [0.15, 0.2) is 11.5 Å². The lowest BCUT2D eigenvalue weighted by Gasteiger charge is -2.10. The van der Waals surface area contributed by atoms with Crippen LogP contribution in [0.4, 0.5) is 13.2 Å². The summed E-state index contributed by atoms with van der Waals surface area (Å²) in [4.78, 5) is 8.72. The molecule has 4 heterocycles. The van der Waals surface area contributed by atoms with Gasteiger partial charge in [0.05, 0.1) is 42.6 Å². The standard InChI is InChI=1S/C26H21F3N6O2/c1-36-25-23(24(17-6-7-17)30-15-31-25)19-10-11-34(32-19)14-16-4-8-18(9-5-16)35-20(21-3-2-12-37-21)13-22(33-35)26(27,28)29/h2-5,8-13,15,17H,6-7,14H2,1H3. The quantitative estimate of drug-likeness (QED) is 0.280. The first-order chi connectivity index (χ1) is 17.9. The van der Waals surface area contributed by atoms with Gasteiger partial charge in [0.2, 0.25) is 5.88 Å². The molecule has 0 amide bonds. The van der Waals surface area contributed by atoms with Crippen molar-refractivity contribution in [3.63, 3.8) is 0 Å². The second kappa shape index (κ2) is 8.91. The minimum absolute atomic E-state index is 0.215. The summed E-state index contributed by atoms with van der Waals surface area (Å²) in [7, 11) is 1.58. The number of hydrogen-bond donors (Lipinski definition) is 0. The van der Waals surface area contributed by atoms with Crippen molar-refractivity contribution in [3.8, 4) is 34.3 Å². The molecule has 0 N–H and O–H groups in total. The Balaban J connectivity index is 1.27. The summed E-state index contributed by atoms with van der Waals surface area (Å²) in [6, 6.07) is 13.2. The van der Waals surface area contributed by atoms with E-state index in [4.69, 9.17) is 14.3 Å². The summed E-state index contributed by atoms with van der Waals surface area (Å²) >= 11 is 0. The maximum atomic E-state index is 13.4. The van der Waals surface area contributed by atoms with Crippen molar-refractivity contribution in [2.45, 2.75) is 31.5 Å². The van der Waals surface area contributed by atoms with Gasteiger partial charge in [0.1, 0.15) is 12.0 Å². The van der Waals surface area contributed by atoms with Gasteiger partial charge in [-0.15, -0.1) is 0 Å². The van der Waals surface area contributed by atoms with Crippen molar-refractivity contribution >= 4 is 0 Å². The third kappa shape index (κ3) is 4.48. The molecular weight excluding hydrogens is 485 g/mol. The molecule has 0 saturated heterocycles. The molecule has 0 bridgehead atoms. The number of ether oxygens (including phenoxy) is 1. The fourth-order valence-corrected chi connectivity index (χ4v) is 4.27. The Kier molecular flexibility index (Phi) is 5.54. The molecule has 0 atom stereocenters. The third-order valence-electron chi connectivity index (χ3n) is 6.19. The van der Waals surface area contributed by atoms with E-state index >= 15 is 0 Å². The molecule has 11 heteroatoms. The monoisotopic (exact) mass is 506 g/mol. The highest BCUT2D eigenvalue weighted by Gasteiger charge is 2.35. The average Bonchev–Trinajstić information content (AvgIpc) is 3.26. The smallest absolute Gasteiger partial charge is 0.435 e. The highest BCUT2D eigenvalue weighted by atomic mass is 19.4. The molecule has 1 aromatic carbocycles. The maximum absolute atomic E-state index is 13.4. The molecule has 37 heavy (non-hydrogen) atoms. The van der Waals surface area contributed by atoms with Crippen LogP contribution >= 0.6 is 0 Å². The van der Waals surface area contributed by atoms with E-state index in [-0.39, 0.29) is 5.69 Å². The Hall–Kier alpha value is -4.41. The van der Waals surface area contributed by atoms with Crippen molar-refractivity contribution in [1.29, 1.82) is 0 Å². The molecule has 0 spiro atoms. The number of hydrogen-bond acceptors (Lipinski definition) is 6. The topological polar surface area (TPSA) is 83.8 Å². The van der Waals surface area contributed by atoms with E-state index < -0.39 is 11.9 Å². The molecular formula is C26H21F3N6O2. The fourth-order valence-electron chi connectivity index (χ4n) is 4.27. The zero-order valence-corrected chi connectivity index (χ0v) is 19.7. The van der Waals surface area contributed by atoms with Crippen LogP contribution in [0.2, 0.25) is 0 Å². The van der Waals surface area contributed by atoms with Crippen LogP contribution in [0, 0.1) is 0 Å². The Labute approximate surface area is 209 Å². The zero-order valence-electron chi connectivity index (χ0n) is 19.7. The first-order valence-electron chi connectivity index (χ1n) is 11.6. The van der Waals surface area contributed by atoms with Crippen LogP contribution in [-0.2, 0) is 12.7 Å². The summed E-state index contributed by atoms with van der Waals surface area (Å²) in [5.41, 5.74) is 3.12. The number of aromatic nitrogens is 6. The van der Waals surface area contributed by atoms with Crippen molar-refractivity contribution in [2.75, 3.05) is 7.11 Å². The van der Waals surface area contributed by atoms with Crippen molar-refractivity contribution in [2.24, 2.45) is 0 Å². The van der Waals surface area contributed by atoms with Crippen LogP contribution in [-0.4, -0.2) is 36.6 Å². The number of benzene rings is 1. The van der Waals surface area contributed by atoms with E-state index in [1.807, 2.05) is 24.4 Å². The number of halogens is 3. The normalized spacial score (nSPS) is 13.7. The van der Waals surface area contributed by atoms with Gasteiger partial charge in [-0.05, 0) is 48.7 Å². The van der Waals surface area contributed by atoms with Gasteiger partial charge in [0, 0.05) is 18.2 Å². The summed E-state index contributed by atoms with van der Waals surface area (Å²) in [5, 5.41) is 8.51. The second-order valence-electron chi connectivity index (χ2n) is 8.78. The lowest BCUT2D eigenvalue weighted by Crippen LogP contribution is -2.07. The molecule has 4 aromatic heterocycles. The fraction of sp³-hybridized carbons (Fsp3) is 0.231. The second-order valence-corrected chi connectivity index (χ2v) is 8.78. The van der Waals surface area contributed by atoms with E-state index in [1.54, 1.807) is 36.1 Å². The summed E-state index contributed by atoms with van der Waals surface area (Å²) in [6.45, 7) is 0.465. The first-order valence-corrected chi connectivity index (χ1v) is 11.6. The van der Waals surface area contributed by atoms with Crippen LogP contribution in [0.3, 0.4) is 0 Å². The number of rotatable bonds is 7. The first kappa shape index (κ1) is 23.0. The predicted molar refractivity (Wildman–Crippen MR) is 127 cm³/mol. The van der Waals surface area contributed by atoms with Crippen LogP contribution < -0.4 is 4.74 Å². The molecule has 1 fully saturated rings. The molecule has 0 unspecified atom stereocenters. The van der Waals surface area contributed by atoms with E-state index in [2.05, 4.69) is 15.1 Å². The van der Waals surface area contributed by atoms with Crippen LogP contribution in [0.5, 0.6) is 5.88 Å². The summed E-state index contributed by atoms with van der Waals surface area (Å²) in [5.74, 6) is 1.19. The van der Waals surface area contributed by atoms with Gasteiger partial charge in [-0.25, -0.2) is 14.6 Å². The van der Waals surface area contributed by atoms with Crippen LogP contribution in [0.1, 0.15) is 35.7 Å². The molecule has 188 valence electrons. The van der Waals surface area contributed by atoms with Gasteiger partial charge >= 0.3 is 6.18 Å². The van der Waals surface area contributed by atoms with Crippen LogP contribution in [0.15, 0.2) is 71.7 Å². The van der Waals surface area contributed by atoms with Gasteiger partial charge in [-0.2, -0.15) is 23.4 Å². The third-order valence-corrected chi connectivity index (χ3v) is 6.19. The minimum Gasteiger partial charge on any atom is -0.480 e. The number of nitrogens with zero attached hydrogens (tertiary/aromatic N) is 6. The minimum atomic E-state index is -4.57. The maximum Gasteiger partial charge on any atom is 0.435 e. The molecule has 5 aromatic rings. The Morgan fingerprint density at radius 1 is 1.05 bits per heavy atom. The van der Waals surface area contributed by atoms with Crippen molar-refractivity contribution < 1.29 is 22.3 Å². The summed E-state index contributed by atoms with van der Waals surface area (Å²) < 4.78 is 53.9. The lowest BCUT2D eigenvalue weighted by molar-refractivity contribution is -0.141. The van der Waals surface area contributed by atoms with Gasteiger partial charge in [-0.1, -0.05) is 12.1 Å². The van der Waals surface area contributed by atoms with Crippen molar-refractivity contribution in [3.05, 3.63) is 84.3 Å². The highest BCUT2D eigenvalue weighted by molar-refractivity contribution is 5.68. The van der Waals surface area contributed by atoms with Gasteiger partial charge < -0.3 is 9.15 Å². The molecule has 1 saturated carbocycles. The number of alkyl halides is 3. The molecule has 6 rings (SSSR count). The largest absolute Gasteiger partial charge is 0.480 e. The van der Waals surface area contributed by atoms with E-state index in [9.17, 15) is 13.2 Å². The number of furan rings is 1. The van der Waals surface area contributed by atoms with Crippen LogP contribution in [0.25, 0.3) is 28.4 Å². The highest BCUT2D eigenvalue weighted by Crippen LogP contribution is 2.45. The van der Waals surface area contributed by atoms with Gasteiger partial charge in [-0.3, -0.25) is 4.68 Å². The Morgan fingerprint density at radius 2 is 1.86 bits per heavy atom. The predicted octanol–water partition coefficient (Wildman–Crippen LogP) is 5.74. The van der Waals surface area contributed by atoms with Gasteiger partial charge in [0.25, 0.3) is 0 Å². The average molecular weight is 506 g/mol. The summed E-state index contributed by atoms with van der Waals surface area (Å²) in [6.07, 6.45) is 2.39.